The zero-order valence-corrected chi connectivity index (χ0v) is 14.7. The SMILES string of the molecule is CCc1ccc(-c2nc(CN[C@H](C(=O)O)[C@@H](C)CC)cs2)cc1. The Morgan fingerprint density at radius 3 is 2.57 bits per heavy atom. The van der Waals surface area contributed by atoms with Crippen molar-refractivity contribution in [1.82, 2.24) is 10.3 Å². The molecule has 1 aromatic heterocycles. The standard InChI is InChI=1S/C18H24N2O2S/c1-4-12(3)16(18(21)22)19-10-15-11-23-17(20-15)14-8-6-13(5-2)7-9-14/h6-9,11-12,16,19H,4-5,10H2,1-3H3,(H,21,22)/t12-,16-/m0/s1. The van der Waals surface area contributed by atoms with E-state index in [1.165, 1.54) is 5.56 Å². The van der Waals surface area contributed by atoms with Crippen molar-refractivity contribution >= 4 is 17.3 Å². The summed E-state index contributed by atoms with van der Waals surface area (Å²) in [5.74, 6) is -0.711. The molecule has 2 aromatic rings. The Hall–Kier alpha value is -1.72. The molecule has 0 aliphatic heterocycles. The summed E-state index contributed by atoms with van der Waals surface area (Å²) in [5, 5.41) is 15.4. The van der Waals surface area contributed by atoms with Crippen LogP contribution in [-0.4, -0.2) is 22.1 Å². The highest BCUT2D eigenvalue weighted by molar-refractivity contribution is 7.13. The van der Waals surface area contributed by atoms with Crippen LogP contribution in [0.15, 0.2) is 29.6 Å². The van der Waals surface area contributed by atoms with Crippen LogP contribution in [-0.2, 0) is 17.8 Å². The van der Waals surface area contributed by atoms with Crippen LogP contribution in [0.25, 0.3) is 10.6 Å². The molecule has 0 amide bonds. The topological polar surface area (TPSA) is 62.2 Å². The van der Waals surface area contributed by atoms with Gasteiger partial charge in [0.05, 0.1) is 5.69 Å². The molecule has 0 aliphatic carbocycles. The van der Waals surface area contributed by atoms with E-state index in [-0.39, 0.29) is 5.92 Å². The molecule has 1 aromatic carbocycles. The second-order valence-electron chi connectivity index (χ2n) is 5.78. The van der Waals surface area contributed by atoms with Gasteiger partial charge in [-0.3, -0.25) is 10.1 Å². The maximum absolute atomic E-state index is 11.3. The molecule has 0 saturated heterocycles. The van der Waals surface area contributed by atoms with E-state index >= 15 is 0 Å². The maximum atomic E-state index is 11.3. The Morgan fingerprint density at radius 1 is 1.30 bits per heavy atom. The van der Waals surface area contributed by atoms with Gasteiger partial charge in [0.1, 0.15) is 11.0 Å². The molecule has 0 fully saturated rings. The summed E-state index contributed by atoms with van der Waals surface area (Å²) in [4.78, 5) is 15.9. The molecule has 0 aliphatic rings. The zero-order valence-electron chi connectivity index (χ0n) is 13.9. The molecular formula is C18H24N2O2S. The lowest BCUT2D eigenvalue weighted by molar-refractivity contribution is -0.140. The minimum absolute atomic E-state index is 0.0900. The van der Waals surface area contributed by atoms with Gasteiger partial charge in [-0.25, -0.2) is 4.98 Å². The van der Waals surface area contributed by atoms with Crippen molar-refractivity contribution in [2.75, 3.05) is 0 Å². The van der Waals surface area contributed by atoms with Crippen molar-refractivity contribution in [3.63, 3.8) is 0 Å². The number of thiazole rings is 1. The first kappa shape index (κ1) is 17.6. The van der Waals surface area contributed by atoms with E-state index in [4.69, 9.17) is 0 Å². The molecular weight excluding hydrogens is 308 g/mol. The van der Waals surface area contributed by atoms with Gasteiger partial charge < -0.3 is 5.11 Å². The van der Waals surface area contributed by atoms with Crippen molar-refractivity contribution in [3.05, 3.63) is 40.9 Å². The van der Waals surface area contributed by atoms with Crippen LogP contribution in [0, 0.1) is 5.92 Å². The molecule has 0 saturated carbocycles. The van der Waals surface area contributed by atoms with Crippen LogP contribution in [0.4, 0.5) is 0 Å². The highest BCUT2D eigenvalue weighted by Gasteiger charge is 2.22. The molecule has 0 unspecified atom stereocenters. The molecule has 124 valence electrons. The molecule has 1 heterocycles. The van der Waals surface area contributed by atoms with E-state index in [1.54, 1.807) is 11.3 Å². The van der Waals surface area contributed by atoms with Gasteiger partial charge in [0.15, 0.2) is 0 Å². The summed E-state index contributed by atoms with van der Waals surface area (Å²) < 4.78 is 0. The summed E-state index contributed by atoms with van der Waals surface area (Å²) in [6.45, 7) is 6.57. The number of carbonyl (C=O) groups is 1. The number of aliphatic carboxylic acids is 1. The smallest absolute Gasteiger partial charge is 0.320 e. The molecule has 0 radical (unpaired) electrons. The normalized spacial score (nSPS) is 13.7. The lowest BCUT2D eigenvalue weighted by Gasteiger charge is -2.19. The first-order chi connectivity index (χ1) is 11.0. The van der Waals surface area contributed by atoms with Crippen LogP contribution in [0.2, 0.25) is 0 Å². The Balaban J connectivity index is 2.02. The Morgan fingerprint density at radius 2 is 2.00 bits per heavy atom. The quantitative estimate of drug-likeness (QED) is 0.768. The predicted octanol–water partition coefficient (Wildman–Crippen LogP) is 3.96. The zero-order chi connectivity index (χ0) is 16.8. The molecule has 2 N–H and O–H groups in total. The predicted molar refractivity (Wildman–Crippen MR) is 94.6 cm³/mol. The van der Waals surface area contributed by atoms with Gasteiger partial charge in [-0.15, -0.1) is 11.3 Å². The highest BCUT2D eigenvalue weighted by atomic mass is 32.1. The fourth-order valence-electron chi connectivity index (χ4n) is 2.39. The van der Waals surface area contributed by atoms with Crippen LogP contribution >= 0.6 is 11.3 Å². The number of benzene rings is 1. The number of nitrogens with one attached hydrogen (secondary N) is 1. The van der Waals surface area contributed by atoms with Gasteiger partial charge in [-0.1, -0.05) is 51.5 Å². The van der Waals surface area contributed by atoms with Gasteiger partial charge in [0.25, 0.3) is 0 Å². The average molecular weight is 332 g/mol. The Bertz CT molecular complexity index is 637. The summed E-state index contributed by atoms with van der Waals surface area (Å²) in [6.07, 6.45) is 1.86. The number of hydrogen-bond acceptors (Lipinski definition) is 4. The van der Waals surface area contributed by atoms with Crippen LogP contribution in [0.3, 0.4) is 0 Å². The fraction of sp³-hybridized carbons (Fsp3) is 0.444. The minimum atomic E-state index is -0.801. The van der Waals surface area contributed by atoms with Gasteiger partial charge in [0.2, 0.25) is 0 Å². The number of aryl methyl sites for hydroxylation is 1. The van der Waals surface area contributed by atoms with Crippen molar-refractivity contribution in [2.24, 2.45) is 5.92 Å². The third kappa shape index (κ3) is 4.62. The molecule has 2 atom stereocenters. The summed E-state index contributed by atoms with van der Waals surface area (Å²) in [7, 11) is 0. The van der Waals surface area contributed by atoms with Crippen molar-refractivity contribution in [1.29, 1.82) is 0 Å². The van der Waals surface area contributed by atoms with Crippen LogP contribution < -0.4 is 5.32 Å². The number of aromatic nitrogens is 1. The van der Waals surface area contributed by atoms with E-state index in [2.05, 4.69) is 41.5 Å². The second kappa shape index (κ2) is 8.22. The van der Waals surface area contributed by atoms with E-state index in [9.17, 15) is 9.90 Å². The third-order valence-corrected chi connectivity index (χ3v) is 5.08. The number of hydrogen-bond donors (Lipinski definition) is 2. The molecule has 0 bridgehead atoms. The van der Waals surface area contributed by atoms with Crippen LogP contribution in [0.5, 0.6) is 0 Å². The molecule has 0 spiro atoms. The summed E-state index contributed by atoms with van der Waals surface area (Å²) in [6, 6.07) is 7.90. The van der Waals surface area contributed by atoms with E-state index in [1.807, 2.05) is 19.2 Å². The van der Waals surface area contributed by atoms with E-state index < -0.39 is 12.0 Å². The number of nitrogens with zero attached hydrogens (tertiary/aromatic N) is 1. The lowest BCUT2D eigenvalue weighted by Crippen LogP contribution is -2.41. The maximum Gasteiger partial charge on any atom is 0.320 e. The largest absolute Gasteiger partial charge is 0.480 e. The van der Waals surface area contributed by atoms with Crippen LogP contribution in [0.1, 0.15) is 38.4 Å². The average Bonchev–Trinajstić information content (AvgIpc) is 3.03. The van der Waals surface area contributed by atoms with Crippen molar-refractivity contribution < 1.29 is 9.90 Å². The van der Waals surface area contributed by atoms with Gasteiger partial charge >= 0.3 is 5.97 Å². The van der Waals surface area contributed by atoms with Crippen molar-refractivity contribution in [3.8, 4) is 10.6 Å². The van der Waals surface area contributed by atoms with Gasteiger partial charge in [0, 0.05) is 17.5 Å². The first-order valence-electron chi connectivity index (χ1n) is 8.05. The van der Waals surface area contributed by atoms with Gasteiger partial charge in [-0.05, 0) is 17.9 Å². The number of rotatable bonds is 8. The molecule has 2 rings (SSSR count). The lowest BCUT2D eigenvalue weighted by atomic mass is 9.99. The molecule has 23 heavy (non-hydrogen) atoms. The fourth-order valence-corrected chi connectivity index (χ4v) is 3.21. The molecule has 4 nitrogen and oxygen atoms in total. The third-order valence-electron chi connectivity index (χ3n) is 4.14. The van der Waals surface area contributed by atoms with Gasteiger partial charge in [-0.2, -0.15) is 0 Å². The minimum Gasteiger partial charge on any atom is -0.480 e. The molecule has 5 heteroatoms. The second-order valence-corrected chi connectivity index (χ2v) is 6.63. The first-order valence-corrected chi connectivity index (χ1v) is 8.93. The summed E-state index contributed by atoms with van der Waals surface area (Å²) in [5.41, 5.74) is 3.30. The Labute approximate surface area is 141 Å². The monoisotopic (exact) mass is 332 g/mol. The summed E-state index contributed by atoms with van der Waals surface area (Å²) >= 11 is 1.59. The van der Waals surface area contributed by atoms with E-state index in [0.29, 0.717) is 6.54 Å². The van der Waals surface area contributed by atoms with E-state index in [0.717, 1.165) is 29.1 Å². The number of carboxylic acids is 1. The Kier molecular flexibility index (Phi) is 6.30. The van der Waals surface area contributed by atoms with Crippen molar-refractivity contribution in [2.45, 2.75) is 46.2 Å². The highest BCUT2D eigenvalue weighted by Crippen LogP contribution is 2.24. The number of carboxylic acid groups (broad SMARTS) is 1.